The molecule has 2 nitrogen and oxygen atoms in total. The molecule has 0 spiro atoms. The van der Waals surface area contributed by atoms with Crippen molar-refractivity contribution in [1.82, 2.24) is 5.32 Å². The van der Waals surface area contributed by atoms with Gasteiger partial charge >= 0.3 is 0 Å². The molecule has 1 fully saturated rings. The Balaban J connectivity index is 1.88. The third-order valence-electron chi connectivity index (χ3n) is 2.72. The van der Waals surface area contributed by atoms with Crippen LogP contribution >= 0.6 is 0 Å². The molecule has 1 unspecified atom stereocenters. The van der Waals surface area contributed by atoms with E-state index in [0.29, 0.717) is 12.5 Å². The molecule has 0 radical (unpaired) electrons. The molecule has 0 bridgehead atoms. The first-order chi connectivity index (χ1) is 7.74. The fourth-order valence-electron chi connectivity index (χ4n) is 1.89. The molecule has 1 aliphatic heterocycles. The number of hydrogen-bond donors (Lipinski definition) is 1. The van der Waals surface area contributed by atoms with Crippen LogP contribution in [-0.2, 0) is 0 Å². The molecule has 0 saturated carbocycles. The summed E-state index contributed by atoms with van der Waals surface area (Å²) in [7, 11) is 0. The van der Waals surface area contributed by atoms with E-state index in [-0.39, 0.29) is 5.75 Å². The highest BCUT2D eigenvalue weighted by atomic mass is 19.1. The summed E-state index contributed by atoms with van der Waals surface area (Å²) in [5.41, 5.74) is 0. The van der Waals surface area contributed by atoms with E-state index in [9.17, 15) is 8.78 Å². The number of nitrogens with one attached hydrogen (secondary N) is 1. The monoisotopic (exact) mass is 227 g/mol. The highest BCUT2D eigenvalue weighted by Gasteiger charge is 2.13. The van der Waals surface area contributed by atoms with Crippen LogP contribution in [0.15, 0.2) is 18.2 Å². The zero-order chi connectivity index (χ0) is 11.4. The van der Waals surface area contributed by atoms with E-state index in [1.807, 2.05) is 0 Å². The van der Waals surface area contributed by atoms with Crippen molar-refractivity contribution in [2.75, 3.05) is 19.7 Å². The first kappa shape index (κ1) is 11.3. The molecule has 2 rings (SSSR count). The van der Waals surface area contributed by atoms with Crippen LogP contribution in [0.3, 0.4) is 0 Å². The first-order valence-electron chi connectivity index (χ1n) is 5.53. The molecular weight excluding hydrogens is 212 g/mol. The number of hydrogen-bond acceptors (Lipinski definition) is 2. The summed E-state index contributed by atoms with van der Waals surface area (Å²) in [5, 5.41) is 3.27. The predicted molar refractivity (Wildman–Crippen MR) is 57.4 cm³/mol. The van der Waals surface area contributed by atoms with E-state index in [1.165, 1.54) is 12.1 Å². The van der Waals surface area contributed by atoms with Gasteiger partial charge in [-0.3, -0.25) is 0 Å². The fraction of sp³-hybridized carbons (Fsp3) is 0.500. The van der Waals surface area contributed by atoms with Crippen molar-refractivity contribution in [3.63, 3.8) is 0 Å². The zero-order valence-electron chi connectivity index (χ0n) is 9.01. The summed E-state index contributed by atoms with van der Waals surface area (Å²) in [4.78, 5) is 0. The lowest BCUT2D eigenvalue weighted by Gasteiger charge is -2.22. The predicted octanol–water partition coefficient (Wildman–Crippen LogP) is 2.34. The smallest absolute Gasteiger partial charge is 0.129 e. The Hall–Kier alpha value is -1.16. The SMILES string of the molecule is Fc1cc(F)cc(OCC2CCCNC2)c1. The molecule has 16 heavy (non-hydrogen) atoms. The second kappa shape index (κ2) is 5.25. The van der Waals surface area contributed by atoms with Crippen molar-refractivity contribution < 1.29 is 13.5 Å². The van der Waals surface area contributed by atoms with Crippen LogP contribution in [0.5, 0.6) is 5.75 Å². The van der Waals surface area contributed by atoms with E-state index in [2.05, 4.69) is 5.32 Å². The molecular formula is C12H15F2NO. The third kappa shape index (κ3) is 3.17. The maximum atomic E-state index is 12.9. The second-order valence-corrected chi connectivity index (χ2v) is 4.13. The van der Waals surface area contributed by atoms with Gasteiger partial charge in [-0.2, -0.15) is 0 Å². The van der Waals surface area contributed by atoms with Crippen LogP contribution in [0.2, 0.25) is 0 Å². The van der Waals surface area contributed by atoms with Crippen molar-refractivity contribution in [3.8, 4) is 5.75 Å². The number of benzene rings is 1. The Morgan fingerprint density at radius 3 is 2.62 bits per heavy atom. The van der Waals surface area contributed by atoms with E-state index in [4.69, 9.17) is 4.74 Å². The van der Waals surface area contributed by atoms with Crippen molar-refractivity contribution in [1.29, 1.82) is 0 Å². The average Bonchev–Trinajstić information content (AvgIpc) is 2.27. The van der Waals surface area contributed by atoms with E-state index in [1.54, 1.807) is 0 Å². The highest BCUT2D eigenvalue weighted by Crippen LogP contribution is 2.17. The number of ether oxygens (including phenoxy) is 1. The van der Waals surface area contributed by atoms with Gasteiger partial charge in [0.05, 0.1) is 6.61 Å². The van der Waals surface area contributed by atoms with Gasteiger partial charge in [-0.05, 0) is 19.4 Å². The van der Waals surface area contributed by atoms with Gasteiger partial charge in [-0.1, -0.05) is 0 Å². The van der Waals surface area contributed by atoms with Gasteiger partial charge in [-0.15, -0.1) is 0 Å². The number of halogens is 2. The van der Waals surface area contributed by atoms with Crippen molar-refractivity contribution in [2.45, 2.75) is 12.8 Å². The Bertz CT molecular complexity index is 331. The average molecular weight is 227 g/mol. The van der Waals surface area contributed by atoms with Crippen LogP contribution in [0.1, 0.15) is 12.8 Å². The van der Waals surface area contributed by atoms with Crippen LogP contribution in [0, 0.1) is 17.6 Å². The Labute approximate surface area is 93.6 Å². The summed E-state index contributed by atoms with van der Waals surface area (Å²) >= 11 is 0. The molecule has 0 aromatic heterocycles. The van der Waals surface area contributed by atoms with Crippen LogP contribution in [0.4, 0.5) is 8.78 Å². The lowest BCUT2D eigenvalue weighted by Crippen LogP contribution is -2.33. The van der Waals surface area contributed by atoms with E-state index < -0.39 is 11.6 Å². The quantitative estimate of drug-likeness (QED) is 0.855. The Morgan fingerprint density at radius 1 is 1.25 bits per heavy atom. The summed E-state index contributed by atoms with van der Waals surface area (Å²) in [6, 6.07) is 3.26. The lowest BCUT2D eigenvalue weighted by atomic mass is 10.0. The number of rotatable bonds is 3. The minimum Gasteiger partial charge on any atom is -0.493 e. The maximum Gasteiger partial charge on any atom is 0.129 e. The summed E-state index contributed by atoms with van der Waals surface area (Å²) in [6.45, 7) is 2.47. The van der Waals surface area contributed by atoms with Gasteiger partial charge in [-0.25, -0.2) is 8.78 Å². The Kier molecular flexibility index (Phi) is 3.72. The first-order valence-corrected chi connectivity index (χ1v) is 5.53. The molecule has 1 atom stereocenters. The highest BCUT2D eigenvalue weighted by molar-refractivity contribution is 5.23. The van der Waals surface area contributed by atoms with Crippen molar-refractivity contribution in [3.05, 3.63) is 29.8 Å². The fourth-order valence-corrected chi connectivity index (χ4v) is 1.89. The van der Waals surface area contributed by atoms with E-state index in [0.717, 1.165) is 32.0 Å². The summed E-state index contributed by atoms with van der Waals surface area (Å²) in [5.74, 6) is -0.503. The van der Waals surface area contributed by atoms with Gasteiger partial charge in [0.1, 0.15) is 17.4 Å². The second-order valence-electron chi connectivity index (χ2n) is 4.13. The molecule has 1 heterocycles. The van der Waals surface area contributed by atoms with E-state index >= 15 is 0 Å². The lowest BCUT2D eigenvalue weighted by molar-refractivity contribution is 0.217. The van der Waals surface area contributed by atoms with Gasteiger partial charge in [0.25, 0.3) is 0 Å². The molecule has 1 N–H and O–H groups in total. The minimum absolute atomic E-state index is 0.267. The summed E-state index contributed by atoms with van der Waals surface area (Å²) in [6.07, 6.45) is 2.23. The molecule has 1 saturated heterocycles. The molecule has 1 aromatic carbocycles. The van der Waals surface area contributed by atoms with Gasteiger partial charge in [0, 0.05) is 30.7 Å². The van der Waals surface area contributed by atoms with Crippen LogP contribution in [0.25, 0.3) is 0 Å². The molecule has 1 aromatic rings. The normalized spacial score (nSPS) is 20.8. The van der Waals surface area contributed by atoms with Crippen molar-refractivity contribution in [2.24, 2.45) is 5.92 Å². The largest absolute Gasteiger partial charge is 0.493 e. The maximum absolute atomic E-state index is 12.9. The topological polar surface area (TPSA) is 21.3 Å². The molecule has 0 amide bonds. The standard InChI is InChI=1S/C12H15F2NO/c13-10-4-11(14)6-12(5-10)16-8-9-2-1-3-15-7-9/h4-6,9,15H,1-3,7-8H2. The Morgan fingerprint density at radius 2 is 2.00 bits per heavy atom. The van der Waals surface area contributed by atoms with Gasteiger partial charge in [0.15, 0.2) is 0 Å². The van der Waals surface area contributed by atoms with Crippen LogP contribution in [-0.4, -0.2) is 19.7 Å². The third-order valence-corrected chi connectivity index (χ3v) is 2.72. The van der Waals surface area contributed by atoms with Crippen LogP contribution < -0.4 is 10.1 Å². The molecule has 0 aliphatic carbocycles. The molecule has 1 aliphatic rings. The molecule has 4 heteroatoms. The van der Waals surface area contributed by atoms with Gasteiger partial charge in [0.2, 0.25) is 0 Å². The molecule has 88 valence electrons. The minimum atomic E-state index is -0.600. The number of piperidine rings is 1. The van der Waals surface area contributed by atoms with Crippen molar-refractivity contribution >= 4 is 0 Å². The summed E-state index contributed by atoms with van der Waals surface area (Å²) < 4.78 is 31.1. The zero-order valence-corrected chi connectivity index (χ0v) is 9.01. The van der Waals surface area contributed by atoms with Gasteiger partial charge < -0.3 is 10.1 Å².